The molecule has 0 aliphatic carbocycles. The fourth-order valence-electron chi connectivity index (χ4n) is 1.73. The number of rotatable bonds is 9. The van der Waals surface area contributed by atoms with Crippen molar-refractivity contribution in [1.82, 2.24) is 15.5 Å². The summed E-state index contributed by atoms with van der Waals surface area (Å²) in [5.41, 5.74) is 0. The molecule has 2 amide bonds. The summed E-state index contributed by atoms with van der Waals surface area (Å²) in [5.74, 6) is -0.00450. The molecule has 2 N–H and O–H groups in total. The number of hydrogen-bond acceptors (Lipinski definition) is 3. The zero-order valence-electron chi connectivity index (χ0n) is 12.1. The van der Waals surface area contributed by atoms with Gasteiger partial charge in [0.15, 0.2) is 0 Å². The van der Waals surface area contributed by atoms with E-state index in [2.05, 4.69) is 10.6 Å². The smallest absolute Gasteiger partial charge is 0.223 e. The Labute approximate surface area is 110 Å². The zero-order chi connectivity index (χ0) is 14.0. The van der Waals surface area contributed by atoms with Gasteiger partial charge in [-0.05, 0) is 27.3 Å². The molecule has 5 heteroatoms. The van der Waals surface area contributed by atoms with E-state index in [1.165, 1.54) is 0 Å². The normalized spacial score (nSPS) is 12.0. The quantitative estimate of drug-likeness (QED) is 0.641. The molecule has 106 valence electrons. The maximum atomic E-state index is 11.7. The van der Waals surface area contributed by atoms with Gasteiger partial charge in [0.25, 0.3) is 0 Å². The second-order valence-corrected chi connectivity index (χ2v) is 4.33. The van der Waals surface area contributed by atoms with Gasteiger partial charge in [0.2, 0.25) is 11.8 Å². The fourth-order valence-corrected chi connectivity index (χ4v) is 1.73. The third kappa shape index (κ3) is 7.27. The third-order valence-corrected chi connectivity index (χ3v) is 2.84. The molecule has 0 saturated carbocycles. The monoisotopic (exact) mass is 257 g/mol. The van der Waals surface area contributed by atoms with Crippen LogP contribution in [0.25, 0.3) is 0 Å². The Bertz CT molecular complexity index is 253. The first-order valence-electron chi connectivity index (χ1n) is 6.82. The van der Waals surface area contributed by atoms with Gasteiger partial charge in [0, 0.05) is 38.5 Å². The van der Waals surface area contributed by atoms with E-state index in [9.17, 15) is 9.59 Å². The predicted octanol–water partition coefficient (Wildman–Crippen LogP) is 0.749. The van der Waals surface area contributed by atoms with Gasteiger partial charge in [0.1, 0.15) is 0 Å². The van der Waals surface area contributed by atoms with E-state index in [0.717, 1.165) is 6.54 Å². The number of hydrogen-bond donors (Lipinski definition) is 2. The molecular formula is C13H27N3O2. The van der Waals surface area contributed by atoms with Crippen molar-refractivity contribution >= 4 is 11.8 Å². The highest BCUT2D eigenvalue weighted by Gasteiger charge is 2.12. The summed E-state index contributed by atoms with van der Waals surface area (Å²) in [4.78, 5) is 25.0. The molecule has 0 aliphatic rings. The van der Waals surface area contributed by atoms with Crippen molar-refractivity contribution < 1.29 is 9.59 Å². The summed E-state index contributed by atoms with van der Waals surface area (Å²) in [6, 6.07) is 0.262. The zero-order valence-corrected chi connectivity index (χ0v) is 12.1. The van der Waals surface area contributed by atoms with Crippen LogP contribution in [-0.4, -0.2) is 48.9 Å². The van der Waals surface area contributed by atoms with Crippen molar-refractivity contribution in [2.24, 2.45) is 0 Å². The molecule has 0 aromatic rings. The van der Waals surface area contributed by atoms with Gasteiger partial charge in [-0.25, -0.2) is 0 Å². The van der Waals surface area contributed by atoms with Gasteiger partial charge in [-0.3, -0.25) is 9.59 Å². The Balaban J connectivity index is 3.79. The van der Waals surface area contributed by atoms with Crippen molar-refractivity contribution in [3.8, 4) is 0 Å². The Kier molecular flexibility index (Phi) is 9.28. The summed E-state index contributed by atoms with van der Waals surface area (Å²) in [6.07, 6.45) is 0.567. The van der Waals surface area contributed by atoms with Gasteiger partial charge < -0.3 is 15.5 Å². The minimum absolute atomic E-state index is 0.0508. The maximum absolute atomic E-state index is 11.7. The Morgan fingerprint density at radius 1 is 1.11 bits per heavy atom. The summed E-state index contributed by atoms with van der Waals surface area (Å²) in [6.45, 7) is 10.8. The largest absolute Gasteiger partial charge is 0.355 e. The lowest BCUT2D eigenvalue weighted by Gasteiger charge is -2.18. The summed E-state index contributed by atoms with van der Waals surface area (Å²) >= 11 is 0. The van der Waals surface area contributed by atoms with Crippen LogP contribution in [0.15, 0.2) is 0 Å². The maximum Gasteiger partial charge on any atom is 0.223 e. The van der Waals surface area contributed by atoms with Gasteiger partial charge in [-0.15, -0.1) is 0 Å². The standard InChI is InChI=1S/C13H27N3O2/c1-5-14-11(4)10-15-12(17)8-9-13(18)16(6-2)7-3/h11,14H,5-10H2,1-4H3,(H,15,17)/t11-/m1/s1. The van der Waals surface area contributed by atoms with Crippen LogP contribution >= 0.6 is 0 Å². The van der Waals surface area contributed by atoms with Crippen molar-refractivity contribution in [3.05, 3.63) is 0 Å². The number of nitrogens with zero attached hydrogens (tertiary/aromatic N) is 1. The van der Waals surface area contributed by atoms with Crippen molar-refractivity contribution in [1.29, 1.82) is 0 Å². The average molecular weight is 257 g/mol. The molecule has 0 bridgehead atoms. The predicted molar refractivity (Wildman–Crippen MR) is 73.3 cm³/mol. The van der Waals surface area contributed by atoms with Gasteiger partial charge in [-0.1, -0.05) is 6.92 Å². The van der Waals surface area contributed by atoms with E-state index in [4.69, 9.17) is 0 Å². The van der Waals surface area contributed by atoms with E-state index in [-0.39, 0.29) is 24.3 Å². The van der Waals surface area contributed by atoms with Crippen LogP contribution in [0.2, 0.25) is 0 Å². The van der Waals surface area contributed by atoms with Crippen molar-refractivity contribution in [2.75, 3.05) is 26.2 Å². The SMILES string of the molecule is CCN[C@H](C)CNC(=O)CCC(=O)N(CC)CC. The van der Waals surface area contributed by atoms with Gasteiger partial charge in [-0.2, -0.15) is 0 Å². The molecule has 0 rings (SSSR count). The van der Waals surface area contributed by atoms with Crippen LogP contribution in [0.4, 0.5) is 0 Å². The van der Waals surface area contributed by atoms with E-state index >= 15 is 0 Å². The van der Waals surface area contributed by atoms with Crippen LogP contribution in [0, 0.1) is 0 Å². The Hall–Kier alpha value is -1.10. The van der Waals surface area contributed by atoms with Crippen LogP contribution in [-0.2, 0) is 9.59 Å². The van der Waals surface area contributed by atoms with E-state index in [1.54, 1.807) is 4.90 Å². The first-order chi connectivity index (χ1) is 8.54. The highest BCUT2D eigenvalue weighted by molar-refractivity contribution is 5.83. The first kappa shape index (κ1) is 16.9. The second-order valence-electron chi connectivity index (χ2n) is 4.33. The molecule has 0 aliphatic heterocycles. The highest BCUT2D eigenvalue weighted by Crippen LogP contribution is 1.97. The number of amides is 2. The lowest BCUT2D eigenvalue weighted by atomic mass is 10.2. The molecule has 0 radical (unpaired) electrons. The van der Waals surface area contributed by atoms with E-state index in [1.807, 2.05) is 27.7 Å². The van der Waals surface area contributed by atoms with Gasteiger partial charge in [0.05, 0.1) is 0 Å². The number of carbonyl (C=O) groups excluding carboxylic acids is 2. The first-order valence-corrected chi connectivity index (χ1v) is 6.82. The molecule has 0 spiro atoms. The number of likely N-dealkylation sites (N-methyl/N-ethyl adjacent to an activating group) is 1. The van der Waals surface area contributed by atoms with Crippen molar-refractivity contribution in [2.45, 2.75) is 46.6 Å². The van der Waals surface area contributed by atoms with Crippen LogP contribution in [0.5, 0.6) is 0 Å². The topological polar surface area (TPSA) is 61.4 Å². The Morgan fingerprint density at radius 2 is 1.72 bits per heavy atom. The molecule has 0 aromatic carbocycles. The minimum Gasteiger partial charge on any atom is -0.355 e. The van der Waals surface area contributed by atoms with Crippen LogP contribution in [0.3, 0.4) is 0 Å². The van der Waals surface area contributed by atoms with E-state index in [0.29, 0.717) is 26.1 Å². The van der Waals surface area contributed by atoms with E-state index < -0.39 is 0 Å². The molecule has 5 nitrogen and oxygen atoms in total. The fraction of sp³-hybridized carbons (Fsp3) is 0.846. The van der Waals surface area contributed by atoms with Crippen LogP contribution in [0.1, 0.15) is 40.5 Å². The molecular weight excluding hydrogens is 230 g/mol. The summed E-state index contributed by atoms with van der Waals surface area (Å²) < 4.78 is 0. The molecule has 0 unspecified atom stereocenters. The number of carbonyl (C=O) groups is 2. The third-order valence-electron chi connectivity index (χ3n) is 2.84. The summed E-state index contributed by atoms with van der Waals surface area (Å²) in [7, 11) is 0. The highest BCUT2D eigenvalue weighted by atomic mass is 16.2. The van der Waals surface area contributed by atoms with Crippen LogP contribution < -0.4 is 10.6 Å². The lowest BCUT2D eigenvalue weighted by molar-refractivity contribution is -0.133. The molecule has 0 aromatic heterocycles. The summed E-state index contributed by atoms with van der Waals surface area (Å²) in [5, 5.41) is 6.04. The second kappa shape index (κ2) is 9.88. The molecule has 1 atom stereocenters. The molecule has 0 saturated heterocycles. The molecule has 0 fully saturated rings. The lowest BCUT2D eigenvalue weighted by Crippen LogP contribution is -2.39. The molecule has 18 heavy (non-hydrogen) atoms. The van der Waals surface area contributed by atoms with Crippen molar-refractivity contribution in [3.63, 3.8) is 0 Å². The van der Waals surface area contributed by atoms with Gasteiger partial charge >= 0.3 is 0 Å². The Morgan fingerprint density at radius 3 is 2.22 bits per heavy atom. The molecule has 0 heterocycles. The minimum atomic E-state index is -0.0553. The number of nitrogens with one attached hydrogen (secondary N) is 2. The average Bonchev–Trinajstić information content (AvgIpc) is 2.35.